The van der Waals surface area contributed by atoms with Crippen LogP contribution in [0.2, 0.25) is 0 Å². The van der Waals surface area contributed by atoms with Crippen LogP contribution in [0.1, 0.15) is 19.8 Å². The van der Waals surface area contributed by atoms with Crippen molar-refractivity contribution >= 4 is 0 Å². The summed E-state index contributed by atoms with van der Waals surface area (Å²) < 4.78 is 40.3. The highest BCUT2D eigenvalue weighted by molar-refractivity contribution is 4.82. The molecule has 0 bridgehead atoms. The summed E-state index contributed by atoms with van der Waals surface area (Å²) in [6.07, 6.45) is -4.57. The molecule has 1 fully saturated rings. The molecule has 1 aliphatic rings. The molecule has 0 aromatic heterocycles. The van der Waals surface area contributed by atoms with E-state index in [1.807, 2.05) is 0 Å². The summed E-state index contributed by atoms with van der Waals surface area (Å²) in [5, 5.41) is 3.02. The zero-order valence-electron chi connectivity index (χ0n) is 8.28. The Morgan fingerprint density at radius 1 is 1.36 bits per heavy atom. The van der Waals surface area contributed by atoms with Crippen molar-refractivity contribution in [3.05, 3.63) is 0 Å². The minimum atomic E-state index is -4.02. The average molecular weight is 211 g/mol. The Morgan fingerprint density at radius 2 is 2.00 bits per heavy atom. The third-order valence-electron chi connectivity index (χ3n) is 2.27. The Hall–Kier alpha value is -0.290. The molecular formula is C9H16F3NO. The molecular weight excluding hydrogens is 195 g/mol. The van der Waals surface area contributed by atoms with Crippen molar-refractivity contribution in [3.8, 4) is 0 Å². The molecule has 0 aromatic carbocycles. The van der Waals surface area contributed by atoms with E-state index in [9.17, 15) is 13.2 Å². The van der Waals surface area contributed by atoms with Crippen LogP contribution in [0.5, 0.6) is 0 Å². The van der Waals surface area contributed by atoms with Gasteiger partial charge in [0.15, 0.2) is 0 Å². The van der Waals surface area contributed by atoms with Crippen molar-refractivity contribution in [1.82, 2.24) is 5.32 Å². The van der Waals surface area contributed by atoms with E-state index >= 15 is 0 Å². The molecule has 0 spiro atoms. The highest BCUT2D eigenvalue weighted by Gasteiger charge is 2.32. The number of rotatable bonds is 5. The van der Waals surface area contributed by atoms with Crippen LogP contribution in [-0.2, 0) is 4.74 Å². The van der Waals surface area contributed by atoms with Crippen molar-refractivity contribution < 1.29 is 17.9 Å². The fraction of sp³-hybridized carbons (Fsp3) is 1.00. The summed E-state index contributed by atoms with van der Waals surface area (Å²) >= 11 is 0. The molecule has 0 atom stereocenters. The lowest BCUT2D eigenvalue weighted by molar-refractivity contribution is -0.135. The lowest BCUT2D eigenvalue weighted by Crippen LogP contribution is -2.47. The van der Waals surface area contributed by atoms with Gasteiger partial charge in [0.2, 0.25) is 0 Å². The molecule has 1 rings (SSSR count). The van der Waals surface area contributed by atoms with Gasteiger partial charge in [0, 0.05) is 18.4 Å². The normalized spacial score (nSPS) is 20.6. The predicted molar refractivity (Wildman–Crippen MR) is 47.1 cm³/mol. The van der Waals surface area contributed by atoms with E-state index < -0.39 is 12.6 Å². The molecule has 0 aromatic rings. The van der Waals surface area contributed by atoms with E-state index in [1.165, 1.54) is 0 Å². The Bertz CT molecular complexity index is 177. The first-order chi connectivity index (χ1) is 6.41. The number of hydrogen-bond donors (Lipinski definition) is 1. The number of ether oxygens (including phenoxy) is 1. The van der Waals surface area contributed by atoms with Gasteiger partial charge in [0.05, 0.1) is 13.2 Å². The second-order valence-corrected chi connectivity index (χ2v) is 4.20. The van der Waals surface area contributed by atoms with Gasteiger partial charge in [0.25, 0.3) is 0 Å². The van der Waals surface area contributed by atoms with Crippen LogP contribution in [0.15, 0.2) is 0 Å². The van der Waals surface area contributed by atoms with E-state index in [2.05, 4.69) is 12.2 Å². The molecule has 0 saturated carbocycles. The van der Waals surface area contributed by atoms with Crippen LogP contribution in [0.4, 0.5) is 13.2 Å². The van der Waals surface area contributed by atoms with Crippen molar-refractivity contribution in [2.75, 3.05) is 26.3 Å². The summed E-state index contributed by atoms with van der Waals surface area (Å²) in [4.78, 5) is 0. The number of nitrogens with one attached hydrogen (secondary N) is 1. The fourth-order valence-electron chi connectivity index (χ4n) is 1.36. The van der Waals surface area contributed by atoms with Gasteiger partial charge < -0.3 is 10.1 Å². The van der Waals surface area contributed by atoms with Crippen molar-refractivity contribution in [2.45, 2.75) is 25.9 Å². The maximum Gasteiger partial charge on any atom is 0.389 e. The van der Waals surface area contributed by atoms with Crippen molar-refractivity contribution in [3.63, 3.8) is 0 Å². The Labute approximate surface area is 81.8 Å². The zero-order valence-corrected chi connectivity index (χ0v) is 8.28. The van der Waals surface area contributed by atoms with Gasteiger partial charge in [-0.15, -0.1) is 0 Å². The standard InChI is InChI=1S/C9H16F3NO/c1-8(6-14-7-8)5-13-4-2-3-9(10,11)12/h13H,2-7H2,1H3. The third kappa shape index (κ3) is 4.28. The minimum absolute atomic E-state index is 0.137. The van der Waals surface area contributed by atoms with Crippen LogP contribution in [0, 0.1) is 5.41 Å². The quantitative estimate of drug-likeness (QED) is 0.702. The monoisotopic (exact) mass is 211 g/mol. The van der Waals surface area contributed by atoms with Crippen LogP contribution < -0.4 is 5.32 Å². The molecule has 0 amide bonds. The summed E-state index contributed by atoms with van der Waals surface area (Å²) in [5.74, 6) is 0. The van der Waals surface area contributed by atoms with Gasteiger partial charge in [-0.25, -0.2) is 0 Å². The molecule has 84 valence electrons. The molecule has 2 nitrogen and oxygen atoms in total. The molecule has 0 radical (unpaired) electrons. The third-order valence-corrected chi connectivity index (χ3v) is 2.27. The van der Waals surface area contributed by atoms with Crippen LogP contribution in [0.3, 0.4) is 0 Å². The highest BCUT2D eigenvalue weighted by Crippen LogP contribution is 2.25. The zero-order chi connectivity index (χ0) is 10.7. The minimum Gasteiger partial charge on any atom is -0.380 e. The molecule has 5 heteroatoms. The van der Waals surface area contributed by atoms with Gasteiger partial charge in [-0.2, -0.15) is 13.2 Å². The van der Waals surface area contributed by atoms with Gasteiger partial charge in [0.1, 0.15) is 0 Å². The van der Waals surface area contributed by atoms with E-state index in [0.717, 1.165) is 6.54 Å². The number of halogens is 3. The highest BCUT2D eigenvalue weighted by atomic mass is 19.4. The SMILES string of the molecule is CC1(CNCCCC(F)(F)F)COC1. The smallest absolute Gasteiger partial charge is 0.380 e. The molecule has 1 saturated heterocycles. The molecule has 1 N–H and O–H groups in total. The second-order valence-electron chi connectivity index (χ2n) is 4.20. The van der Waals surface area contributed by atoms with E-state index in [0.29, 0.717) is 19.8 Å². The Balaban J connectivity index is 1.94. The summed E-state index contributed by atoms with van der Waals surface area (Å²) in [7, 11) is 0. The van der Waals surface area contributed by atoms with Gasteiger partial charge in [-0.3, -0.25) is 0 Å². The summed E-state index contributed by atoms with van der Waals surface area (Å²) in [5.41, 5.74) is 0.137. The Morgan fingerprint density at radius 3 is 2.43 bits per heavy atom. The first kappa shape index (κ1) is 11.8. The topological polar surface area (TPSA) is 21.3 Å². The van der Waals surface area contributed by atoms with Crippen LogP contribution in [-0.4, -0.2) is 32.5 Å². The van der Waals surface area contributed by atoms with Gasteiger partial charge in [-0.1, -0.05) is 6.92 Å². The van der Waals surface area contributed by atoms with Crippen molar-refractivity contribution in [2.24, 2.45) is 5.41 Å². The van der Waals surface area contributed by atoms with E-state index in [4.69, 9.17) is 4.74 Å². The second kappa shape index (κ2) is 4.49. The molecule has 14 heavy (non-hydrogen) atoms. The summed E-state index contributed by atoms with van der Waals surface area (Å²) in [6.45, 7) is 4.64. The first-order valence-corrected chi connectivity index (χ1v) is 4.77. The lowest BCUT2D eigenvalue weighted by atomic mass is 9.89. The fourth-order valence-corrected chi connectivity index (χ4v) is 1.36. The van der Waals surface area contributed by atoms with Gasteiger partial charge >= 0.3 is 6.18 Å². The average Bonchev–Trinajstić information content (AvgIpc) is 1.98. The lowest BCUT2D eigenvalue weighted by Gasteiger charge is -2.38. The van der Waals surface area contributed by atoms with Gasteiger partial charge in [-0.05, 0) is 13.0 Å². The van der Waals surface area contributed by atoms with E-state index in [-0.39, 0.29) is 11.8 Å². The molecule has 0 unspecified atom stereocenters. The first-order valence-electron chi connectivity index (χ1n) is 4.77. The maximum atomic E-state index is 11.7. The largest absolute Gasteiger partial charge is 0.389 e. The molecule has 1 aliphatic heterocycles. The Kier molecular flexibility index (Phi) is 3.78. The summed E-state index contributed by atoms with van der Waals surface area (Å²) in [6, 6.07) is 0. The van der Waals surface area contributed by atoms with Crippen molar-refractivity contribution in [1.29, 1.82) is 0 Å². The van der Waals surface area contributed by atoms with Crippen LogP contribution in [0.25, 0.3) is 0 Å². The molecule has 0 aliphatic carbocycles. The van der Waals surface area contributed by atoms with E-state index in [1.54, 1.807) is 0 Å². The number of hydrogen-bond acceptors (Lipinski definition) is 2. The predicted octanol–water partition coefficient (Wildman–Crippen LogP) is 1.96. The maximum absolute atomic E-state index is 11.7. The molecule has 1 heterocycles. The number of alkyl halides is 3. The van der Waals surface area contributed by atoms with Crippen LogP contribution >= 0.6 is 0 Å².